The summed E-state index contributed by atoms with van der Waals surface area (Å²) in [4.78, 5) is 29.1. The lowest BCUT2D eigenvalue weighted by Gasteiger charge is -2.23. The van der Waals surface area contributed by atoms with Crippen molar-refractivity contribution >= 4 is 22.3 Å². The van der Waals surface area contributed by atoms with Crippen LogP contribution >= 0.6 is 11.3 Å². The molecule has 19 heavy (non-hydrogen) atoms. The topological polar surface area (TPSA) is 87.8 Å². The van der Waals surface area contributed by atoms with E-state index in [1.807, 2.05) is 13.8 Å². The van der Waals surface area contributed by atoms with E-state index >= 15 is 0 Å². The first kappa shape index (κ1) is 13.6. The first-order chi connectivity index (χ1) is 8.97. The van der Waals surface area contributed by atoms with E-state index < -0.39 is 5.97 Å². The van der Waals surface area contributed by atoms with Crippen molar-refractivity contribution in [2.45, 2.75) is 26.4 Å². The Kier molecular flexibility index (Phi) is 3.91. The zero-order valence-corrected chi connectivity index (χ0v) is 11.4. The molecule has 8 heteroatoms. The van der Waals surface area contributed by atoms with Crippen LogP contribution in [0.3, 0.4) is 0 Å². The quantitative estimate of drug-likeness (QED) is 0.856. The molecule has 0 bridgehead atoms. The van der Waals surface area contributed by atoms with Crippen molar-refractivity contribution in [3.8, 4) is 0 Å². The SMILES string of the molecule is CC(C)N(CC(=O)O)Cc1cc(=O)n2ncsc2n1. The Hall–Kier alpha value is -1.80. The summed E-state index contributed by atoms with van der Waals surface area (Å²) in [7, 11) is 0. The predicted molar refractivity (Wildman–Crippen MR) is 70.3 cm³/mol. The van der Waals surface area contributed by atoms with Crippen molar-refractivity contribution in [2.75, 3.05) is 6.54 Å². The standard InChI is InChI=1S/C11H14N4O3S/c1-7(2)14(5-10(17)18)4-8-3-9(16)15-11(13-8)19-6-12-15/h3,6-7H,4-5H2,1-2H3,(H,17,18). The normalized spacial score (nSPS) is 11.6. The summed E-state index contributed by atoms with van der Waals surface area (Å²) in [5, 5.41) is 12.7. The van der Waals surface area contributed by atoms with Crippen LogP contribution in [0.5, 0.6) is 0 Å². The molecule has 0 spiro atoms. The van der Waals surface area contributed by atoms with Gasteiger partial charge in [0.1, 0.15) is 5.51 Å². The molecule has 2 heterocycles. The lowest BCUT2D eigenvalue weighted by Crippen LogP contribution is -2.35. The third-order valence-corrected chi connectivity index (χ3v) is 3.35. The summed E-state index contributed by atoms with van der Waals surface area (Å²) >= 11 is 1.27. The highest BCUT2D eigenvalue weighted by molar-refractivity contribution is 7.14. The van der Waals surface area contributed by atoms with Gasteiger partial charge >= 0.3 is 5.97 Å². The monoisotopic (exact) mass is 282 g/mol. The summed E-state index contributed by atoms with van der Waals surface area (Å²) in [6.07, 6.45) is 0. The van der Waals surface area contributed by atoms with E-state index in [2.05, 4.69) is 10.1 Å². The molecular weight excluding hydrogens is 268 g/mol. The van der Waals surface area contributed by atoms with Gasteiger partial charge in [0.05, 0.1) is 12.2 Å². The molecule has 2 rings (SSSR count). The average molecular weight is 282 g/mol. The fourth-order valence-electron chi connectivity index (χ4n) is 1.68. The summed E-state index contributed by atoms with van der Waals surface area (Å²) < 4.78 is 1.23. The zero-order chi connectivity index (χ0) is 14.0. The highest BCUT2D eigenvalue weighted by atomic mass is 32.1. The fourth-order valence-corrected chi connectivity index (χ4v) is 2.33. The van der Waals surface area contributed by atoms with Gasteiger partial charge in [0.15, 0.2) is 0 Å². The van der Waals surface area contributed by atoms with Crippen LogP contribution in [0.4, 0.5) is 0 Å². The van der Waals surface area contributed by atoms with Gasteiger partial charge in [-0.2, -0.15) is 9.61 Å². The van der Waals surface area contributed by atoms with E-state index in [1.165, 1.54) is 21.9 Å². The highest BCUT2D eigenvalue weighted by Gasteiger charge is 2.15. The molecule has 0 saturated heterocycles. The van der Waals surface area contributed by atoms with Gasteiger partial charge in [-0.15, -0.1) is 0 Å². The molecule has 0 aliphatic rings. The maximum Gasteiger partial charge on any atom is 0.317 e. The first-order valence-electron chi connectivity index (χ1n) is 5.75. The molecule has 0 fully saturated rings. The van der Waals surface area contributed by atoms with Crippen molar-refractivity contribution in [3.05, 3.63) is 27.6 Å². The van der Waals surface area contributed by atoms with Crippen molar-refractivity contribution < 1.29 is 9.90 Å². The van der Waals surface area contributed by atoms with Crippen molar-refractivity contribution in [1.82, 2.24) is 19.5 Å². The molecule has 2 aromatic rings. The minimum atomic E-state index is -0.899. The number of rotatable bonds is 5. The van der Waals surface area contributed by atoms with Crippen molar-refractivity contribution in [3.63, 3.8) is 0 Å². The number of carboxylic acid groups (broad SMARTS) is 1. The van der Waals surface area contributed by atoms with Crippen LogP contribution in [0.1, 0.15) is 19.5 Å². The van der Waals surface area contributed by atoms with Gasteiger partial charge in [-0.3, -0.25) is 14.5 Å². The zero-order valence-electron chi connectivity index (χ0n) is 10.6. The van der Waals surface area contributed by atoms with E-state index in [9.17, 15) is 9.59 Å². The molecule has 0 aliphatic heterocycles. The fraction of sp³-hybridized carbons (Fsp3) is 0.455. The maximum atomic E-state index is 11.8. The molecule has 102 valence electrons. The van der Waals surface area contributed by atoms with E-state index in [0.29, 0.717) is 17.2 Å². The molecule has 0 radical (unpaired) electrons. The van der Waals surface area contributed by atoms with Crippen molar-refractivity contribution in [2.24, 2.45) is 0 Å². The first-order valence-corrected chi connectivity index (χ1v) is 6.63. The van der Waals surface area contributed by atoms with Crippen LogP contribution in [0, 0.1) is 0 Å². The van der Waals surface area contributed by atoms with Gasteiger partial charge in [-0.05, 0) is 13.8 Å². The summed E-state index contributed by atoms with van der Waals surface area (Å²) in [6.45, 7) is 4.05. The van der Waals surface area contributed by atoms with E-state index in [1.54, 1.807) is 10.4 Å². The molecule has 2 aromatic heterocycles. The molecule has 0 saturated carbocycles. The molecule has 0 atom stereocenters. The van der Waals surface area contributed by atoms with Gasteiger partial charge < -0.3 is 5.11 Å². The molecule has 7 nitrogen and oxygen atoms in total. The predicted octanol–water partition coefficient (Wildman–Crippen LogP) is 0.446. The largest absolute Gasteiger partial charge is 0.480 e. The van der Waals surface area contributed by atoms with E-state index in [0.717, 1.165) is 0 Å². The minimum Gasteiger partial charge on any atom is -0.480 e. The Morgan fingerprint density at radius 3 is 2.95 bits per heavy atom. The van der Waals surface area contributed by atoms with Gasteiger partial charge in [-0.1, -0.05) is 11.3 Å². The smallest absolute Gasteiger partial charge is 0.317 e. The Morgan fingerprint density at radius 1 is 1.58 bits per heavy atom. The number of fused-ring (bicyclic) bond motifs is 1. The summed E-state index contributed by atoms with van der Waals surface area (Å²) in [6, 6.07) is 1.45. The van der Waals surface area contributed by atoms with Crippen LogP contribution < -0.4 is 5.56 Å². The maximum absolute atomic E-state index is 11.8. The molecular formula is C11H14N4O3S. The second-order valence-corrected chi connectivity index (χ2v) is 5.22. The van der Waals surface area contributed by atoms with Gasteiger partial charge in [0.25, 0.3) is 5.56 Å². The third kappa shape index (κ3) is 3.15. The minimum absolute atomic E-state index is 0.0535. The van der Waals surface area contributed by atoms with Gasteiger partial charge in [0, 0.05) is 18.7 Å². The Bertz CT molecular complexity index is 649. The van der Waals surface area contributed by atoms with Crippen LogP contribution in [0.2, 0.25) is 0 Å². The van der Waals surface area contributed by atoms with Crippen LogP contribution in [-0.2, 0) is 11.3 Å². The molecule has 0 aromatic carbocycles. The lowest BCUT2D eigenvalue weighted by atomic mass is 10.2. The Balaban J connectivity index is 2.28. The summed E-state index contributed by atoms with van der Waals surface area (Å²) in [5.74, 6) is -0.899. The number of hydrogen-bond donors (Lipinski definition) is 1. The molecule has 1 N–H and O–H groups in total. The second-order valence-electron chi connectivity index (χ2n) is 4.41. The van der Waals surface area contributed by atoms with Gasteiger partial charge in [-0.25, -0.2) is 4.98 Å². The molecule has 0 amide bonds. The number of aromatic nitrogens is 3. The summed E-state index contributed by atoms with van der Waals surface area (Å²) in [5.41, 5.74) is 1.86. The van der Waals surface area contributed by atoms with Crippen LogP contribution in [0.15, 0.2) is 16.4 Å². The van der Waals surface area contributed by atoms with Crippen molar-refractivity contribution in [1.29, 1.82) is 0 Å². The number of carbonyl (C=O) groups is 1. The Labute approximate surface area is 113 Å². The number of hydrogen-bond acceptors (Lipinski definition) is 6. The number of nitrogens with zero attached hydrogens (tertiary/aromatic N) is 4. The number of carboxylic acids is 1. The van der Waals surface area contributed by atoms with Crippen LogP contribution in [0.25, 0.3) is 4.96 Å². The molecule has 0 aliphatic carbocycles. The van der Waals surface area contributed by atoms with E-state index in [4.69, 9.17) is 5.11 Å². The van der Waals surface area contributed by atoms with E-state index in [-0.39, 0.29) is 18.1 Å². The van der Waals surface area contributed by atoms with Crippen LogP contribution in [-0.4, -0.2) is 43.2 Å². The highest BCUT2D eigenvalue weighted by Crippen LogP contribution is 2.08. The lowest BCUT2D eigenvalue weighted by molar-refractivity contribution is -0.138. The third-order valence-electron chi connectivity index (χ3n) is 2.67. The van der Waals surface area contributed by atoms with Gasteiger partial charge in [0.2, 0.25) is 4.96 Å². The Morgan fingerprint density at radius 2 is 2.32 bits per heavy atom. The second kappa shape index (κ2) is 5.45. The number of aliphatic carboxylic acids is 1. The molecule has 0 unspecified atom stereocenters. The average Bonchev–Trinajstić information content (AvgIpc) is 2.76.